The molecule has 0 amide bonds. The predicted molar refractivity (Wildman–Crippen MR) is 71.0 cm³/mol. The van der Waals surface area contributed by atoms with E-state index >= 15 is 0 Å². The molecule has 2 saturated heterocycles. The van der Waals surface area contributed by atoms with Gasteiger partial charge in [-0.15, -0.1) is 0 Å². The Kier molecular flexibility index (Phi) is 4.11. The molecule has 17 heavy (non-hydrogen) atoms. The third-order valence-electron chi connectivity index (χ3n) is 5.13. The Morgan fingerprint density at radius 1 is 1.35 bits per heavy atom. The van der Waals surface area contributed by atoms with Crippen LogP contribution in [0.1, 0.15) is 40.0 Å². The molecule has 0 spiro atoms. The molecule has 0 aromatic carbocycles. The van der Waals surface area contributed by atoms with Crippen LogP contribution < -0.4 is 5.73 Å². The summed E-state index contributed by atoms with van der Waals surface area (Å²) in [6.07, 6.45) is 4.05. The van der Waals surface area contributed by atoms with Crippen molar-refractivity contribution in [2.24, 2.45) is 17.6 Å². The smallest absolute Gasteiger partial charge is 0.0743 e. The van der Waals surface area contributed by atoms with E-state index in [9.17, 15) is 0 Å². The van der Waals surface area contributed by atoms with Crippen molar-refractivity contribution in [3.05, 3.63) is 0 Å². The first-order valence-electron chi connectivity index (χ1n) is 7.17. The van der Waals surface area contributed by atoms with Gasteiger partial charge in [-0.1, -0.05) is 13.8 Å². The maximum absolute atomic E-state index is 6.06. The van der Waals surface area contributed by atoms with E-state index in [2.05, 4.69) is 25.7 Å². The fourth-order valence-corrected chi connectivity index (χ4v) is 3.59. The van der Waals surface area contributed by atoms with Gasteiger partial charge in [0.15, 0.2) is 0 Å². The Hall–Kier alpha value is -0.120. The van der Waals surface area contributed by atoms with Gasteiger partial charge in [0.05, 0.1) is 11.6 Å². The quantitative estimate of drug-likeness (QED) is 0.818. The van der Waals surface area contributed by atoms with E-state index < -0.39 is 0 Å². The van der Waals surface area contributed by atoms with Crippen LogP contribution in [0.4, 0.5) is 0 Å². The zero-order valence-electron chi connectivity index (χ0n) is 11.6. The summed E-state index contributed by atoms with van der Waals surface area (Å²) in [5.74, 6) is 1.72. The molecule has 100 valence electrons. The largest absolute Gasteiger partial charge is 0.376 e. The van der Waals surface area contributed by atoms with Crippen molar-refractivity contribution in [3.63, 3.8) is 0 Å². The maximum atomic E-state index is 6.06. The van der Waals surface area contributed by atoms with Crippen molar-refractivity contribution < 1.29 is 4.74 Å². The summed E-state index contributed by atoms with van der Waals surface area (Å²) in [4.78, 5) is 2.61. The van der Waals surface area contributed by atoms with Gasteiger partial charge in [-0.3, -0.25) is 4.90 Å². The SMILES string of the molecule is CC(C)C1CCN(C2(CN)CCOC2C)CC1. The summed E-state index contributed by atoms with van der Waals surface area (Å²) in [6.45, 7) is 10.9. The number of nitrogens with zero attached hydrogens (tertiary/aromatic N) is 1. The summed E-state index contributed by atoms with van der Waals surface area (Å²) in [5, 5.41) is 0. The third kappa shape index (κ3) is 2.38. The molecule has 0 aromatic rings. The summed E-state index contributed by atoms with van der Waals surface area (Å²) in [5.41, 5.74) is 6.19. The number of hydrogen-bond donors (Lipinski definition) is 1. The van der Waals surface area contributed by atoms with E-state index in [-0.39, 0.29) is 5.54 Å². The molecular weight excluding hydrogens is 212 g/mol. The molecule has 0 bridgehead atoms. The van der Waals surface area contributed by atoms with Gasteiger partial charge >= 0.3 is 0 Å². The number of likely N-dealkylation sites (tertiary alicyclic amines) is 1. The lowest BCUT2D eigenvalue weighted by Crippen LogP contribution is -2.60. The number of ether oxygens (including phenoxy) is 1. The first-order valence-corrected chi connectivity index (χ1v) is 7.17. The van der Waals surface area contributed by atoms with Crippen LogP contribution in [0.25, 0.3) is 0 Å². The first kappa shape index (κ1) is 13.3. The molecule has 3 heteroatoms. The molecule has 2 rings (SSSR count). The minimum Gasteiger partial charge on any atom is -0.376 e. The van der Waals surface area contributed by atoms with Crippen LogP contribution >= 0.6 is 0 Å². The molecule has 0 aliphatic carbocycles. The average molecular weight is 240 g/mol. The Morgan fingerprint density at radius 2 is 2.00 bits per heavy atom. The molecule has 0 aromatic heterocycles. The highest BCUT2D eigenvalue weighted by Gasteiger charge is 2.46. The Labute approximate surface area is 106 Å². The molecule has 2 heterocycles. The van der Waals surface area contributed by atoms with Crippen LogP contribution in [-0.2, 0) is 4.74 Å². The Morgan fingerprint density at radius 3 is 2.41 bits per heavy atom. The Bertz CT molecular complexity index is 249. The molecule has 2 unspecified atom stereocenters. The van der Waals surface area contributed by atoms with Gasteiger partial charge in [0.1, 0.15) is 0 Å². The van der Waals surface area contributed by atoms with Gasteiger partial charge in [-0.25, -0.2) is 0 Å². The molecule has 0 saturated carbocycles. The van der Waals surface area contributed by atoms with Crippen molar-refractivity contribution in [2.45, 2.75) is 51.7 Å². The molecule has 2 aliphatic rings. The van der Waals surface area contributed by atoms with Crippen LogP contribution in [0, 0.1) is 11.8 Å². The molecule has 3 nitrogen and oxygen atoms in total. The van der Waals surface area contributed by atoms with Gasteiger partial charge in [-0.2, -0.15) is 0 Å². The highest BCUT2D eigenvalue weighted by Crippen LogP contribution is 2.35. The van der Waals surface area contributed by atoms with E-state index in [0.717, 1.165) is 31.4 Å². The van der Waals surface area contributed by atoms with Gasteiger partial charge in [-0.05, 0) is 51.1 Å². The number of piperidine rings is 1. The predicted octanol–water partition coefficient (Wildman–Crippen LogP) is 1.86. The minimum absolute atomic E-state index is 0.127. The highest BCUT2D eigenvalue weighted by molar-refractivity contribution is 5.01. The summed E-state index contributed by atoms with van der Waals surface area (Å²) >= 11 is 0. The number of hydrogen-bond acceptors (Lipinski definition) is 3. The lowest BCUT2D eigenvalue weighted by molar-refractivity contribution is -0.00743. The standard InChI is InChI=1S/C14H28N2O/c1-11(2)13-4-7-16(8-5-13)14(10-15)6-9-17-12(14)3/h11-13H,4-10,15H2,1-3H3. The van der Waals surface area contributed by atoms with Gasteiger partial charge < -0.3 is 10.5 Å². The van der Waals surface area contributed by atoms with Gasteiger partial charge in [0, 0.05) is 13.2 Å². The highest BCUT2D eigenvalue weighted by atomic mass is 16.5. The number of nitrogens with two attached hydrogens (primary N) is 1. The lowest BCUT2D eigenvalue weighted by atomic mass is 9.82. The molecule has 0 radical (unpaired) electrons. The number of rotatable bonds is 3. The molecule has 2 fully saturated rings. The average Bonchev–Trinajstić information content (AvgIpc) is 2.71. The van der Waals surface area contributed by atoms with E-state index in [1.807, 2.05) is 0 Å². The normalized spacial score (nSPS) is 36.9. The summed E-state index contributed by atoms with van der Waals surface area (Å²) in [6, 6.07) is 0. The molecule has 2 aliphatic heterocycles. The second kappa shape index (κ2) is 5.25. The minimum atomic E-state index is 0.127. The summed E-state index contributed by atoms with van der Waals surface area (Å²) in [7, 11) is 0. The van der Waals surface area contributed by atoms with Crippen molar-refractivity contribution in [3.8, 4) is 0 Å². The molecule has 2 N–H and O–H groups in total. The van der Waals surface area contributed by atoms with Crippen molar-refractivity contribution in [1.29, 1.82) is 0 Å². The fraction of sp³-hybridized carbons (Fsp3) is 1.00. The first-order chi connectivity index (χ1) is 8.10. The second-order valence-corrected chi connectivity index (χ2v) is 6.14. The monoisotopic (exact) mass is 240 g/mol. The van der Waals surface area contributed by atoms with Crippen LogP contribution in [0.3, 0.4) is 0 Å². The Balaban J connectivity index is 1.99. The van der Waals surface area contributed by atoms with E-state index in [1.54, 1.807) is 0 Å². The van der Waals surface area contributed by atoms with Crippen LogP contribution in [0.2, 0.25) is 0 Å². The van der Waals surface area contributed by atoms with E-state index in [1.165, 1.54) is 25.9 Å². The zero-order chi connectivity index (χ0) is 12.5. The topological polar surface area (TPSA) is 38.5 Å². The molecule has 2 atom stereocenters. The van der Waals surface area contributed by atoms with E-state index in [4.69, 9.17) is 10.5 Å². The van der Waals surface area contributed by atoms with Crippen LogP contribution in [0.5, 0.6) is 0 Å². The fourth-order valence-electron chi connectivity index (χ4n) is 3.59. The van der Waals surface area contributed by atoms with Crippen LogP contribution in [-0.4, -0.2) is 42.8 Å². The summed E-state index contributed by atoms with van der Waals surface area (Å²) < 4.78 is 5.77. The third-order valence-corrected chi connectivity index (χ3v) is 5.13. The second-order valence-electron chi connectivity index (χ2n) is 6.14. The zero-order valence-corrected chi connectivity index (χ0v) is 11.6. The maximum Gasteiger partial charge on any atom is 0.0743 e. The van der Waals surface area contributed by atoms with Gasteiger partial charge in [0.25, 0.3) is 0 Å². The van der Waals surface area contributed by atoms with Crippen molar-refractivity contribution in [1.82, 2.24) is 4.90 Å². The van der Waals surface area contributed by atoms with Crippen LogP contribution in [0.15, 0.2) is 0 Å². The van der Waals surface area contributed by atoms with Gasteiger partial charge in [0.2, 0.25) is 0 Å². The van der Waals surface area contributed by atoms with Crippen molar-refractivity contribution >= 4 is 0 Å². The molecular formula is C14H28N2O. The lowest BCUT2D eigenvalue weighted by Gasteiger charge is -2.46. The van der Waals surface area contributed by atoms with E-state index in [0.29, 0.717) is 6.10 Å². The van der Waals surface area contributed by atoms with Crippen molar-refractivity contribution in [2.75, 3.05) is 26.2 Å².